The van der Waals surface area contributed by atoms with Gasteiger partial charge in [-0.3, -0.25) is 4.79 Å². The van der Waals surface area contributed by atoms with E-state index in [9.17, 15) is 4.79 Å². The first kappa shape index (κ1) is 20.2. The lowest BCUT2D eigenvalue weighted by Crippen LogP contribution is -2.60. The minimum atomic E-state index is -0.727. The van der Waals surface area contributed by atoms with Gasteiger partial charge in [-0.15, -0.1) is 0 Å². The second-order valence-corrected chi connectivity index (χ2v) is 10.9. The van der Waals surface area contributed by atoms with Crippen LogP contribution in [0.15, 0.2) is 17.0 Å². The van der Waals surface area contributed by atoms with Crippen LogP contribution in [0, 0.1) is 23.7 Å². The third-order valence-electron chi connectivity index (χ3n) is 6.51. The van der Waals surface area contributed by atoms with E-state index >= 15 is 0 Å². The minimum absolute atomic E-state index is 0.0451. The molecule has 0 unspecified atom stereocenters. The number of carbonyl (C=O) groups is 1. The van der Waals surface area contributed by atoms with Crippen LogP contribution in [0.4, 0.5) is 0 Å². The first-order valence-corrected chi connectivity index (χ1v) is 11.6. The van der Waals surface area contributed by atoms with Crippen molar-refractivity contribution in [1.82, 2.24) is 10.0 Å². The van der Waals surface area contributed by atoms with Gasteiger partial charge < -0.3 is 5.32 Å². The van der Waals surface area contributed by atoms with Gasteiger partial charge in [0.25, 0.3) is 0 Å². The molecule has 0 heterocycles. The smallest absolute Gasteiger partial charge is 0.240 e. The molecule has 5 rings (SSSR count). The Morgan fingerprint density at radius 2 is 1.59 bits per heavy atom. The first-order chi connectivity index (χ1) is 12.7. The molecule has 148 valence electrons. The van der Waals surface area contributed by atoms with Crippen LogP contribution in [0.2, 0.25) is 15.1 Å². The maximum absolute atomic E-state index is 13.0. The number of hydrogen-bond donors (Lipinski definition) is 2. The summed E-state index contributed by atoms with van der Waals surface area (Å²) in [5.74, 6) is 3.18. The van der Waals surface area contributed by atoms with Gasteiger partial charge in [-0.05, 0) is 93.7 Å². The van der Waals surface area contributed by atoms with Crippen LogP contribution in [0.25, 0.3) is 0 Å². The zero-order chi connectivity index (χ0) is 19.3. The van der Waals surface area contributed by atoms with Gasteiger partial charge in [0.2, 0.25) is 5.91 Å². The van der Waals surface area contributed by atoms with E-state index < -0.39 is 5.54 Å². The van der Waals surface area contributed by atoms with E-state index in [-0.39, 0.29) is 5.91 Å². The van der Waals surface area contributed by atoms with E-state index in [1.807, 2.05) is 13.8 Å². The van der Waals surface area contributed by atoms with Gasteiger partial charge in [0.1, 0.15) is 5.54 Å². The SMILES string of the molecule is CC(C)(NSc1ccc(Cl)c(Cl)c1Cl)C(=O)NC1C2CC3CC(C2)CC1C3. The molecule has 0 spiro atoms. The van der Waals surface area contributed by atoms with E-state index in [1.165, 1.54) is 44.1 Å². The van der Waals surface area contributed by atoms with Crippen molar-refractivity contribution in [3.63, 3.8) is 0 Å². The van der Waals surface area contributed by atoms with Crippen LogP contribution < -0.4 is 10.0 Å². The second kappa shape index (κ2) is 7.60. The van der Waals surface area contributed by atoms with Crippen molar-refractivity contribution in [2.45, 2.75) is 62.4 Å². The van der Waals surface area contributed by atoms with Crippen LogP contribution in [0.5, 0.6) is 0 Å². The lowest BCUT2D eigenvalue weighted by Gasteiger charge is -2.54. The summed E-state index contributed by atoms with van der Waals surface area (Å²) in [5, 5.41) is 4.54. The van der Waals surface area contributed by atoms with Crippen LogP contribution >= 0.6 is 46.8 Å². The summed E-state index contributed by atoms with van der Waals surface area (Å²) >= 11 is 19.7. The van der Waals surface area contributed by atoms with Crippen molar-refractivity contribution < 1.29 is 4.79 Å². The number of hydrogen-bond acceptors (Lipinski definition) is 3. The van der Waals surface area contributed by atoms with E-state index in [0.717, 1.165) is 16.7 Å². The molecule has 2 N–H and O–H groups in total. The highest BCUT2D eigenvalue weighted by atomic mass is 35.5. The number of carbonyl (C=O) groups excluding carboxylic acids is 1. The molecule has 4 saturated carbocycles. The Labute approximate surface area is 180 Å². The Morgan fingerprint density at radius 3 is 2.19 bits per heavy atom. The molecule has 4 fully saturated rings. The molecule has 0 aliphatic heterocycles. The molecule has 0 saturated heterocycles. The van der Waals surface area contributed by atoms with E-state index in [4.69, 9.17) is 34.8 Å². The average molecular weight is 448 g/mol. The van der Waals surface area contributed by atoms with Crippen molar-refractivity contribution in [2.75, 3.05) is 0 Å². The largest absolute Gasteiger partial charge is 0.351 e. The second-order valence-electron chi connectivity index (χ2n) is 8.93. The maximum Gasteiger partial charge on any atom is 0.240 e. The molecule has 4 aliphatic rings. The maximum atomic E-state index is 13.0. The number of amides is 1. The summed E-state index contributed by atoms with van der Waals surface area (Å²) in [6, 6.07) is 3.85. The van der Waals surface area contributed by atoms with Gasteiger partial charge in [-0.2, -0.15) is 0 Å². The average Bonchev–Trinajstić information content (AvgIpc) is 2.61. The van der Waals surface area contributed by atoms with Gasteiger partial charge in [0.15, 0.2) is 0 Å². The molecule has 0 aromatic heterocycles. The van der Waals surface area contributed by atoms with E-state index in [2.05, 4.69) is 10.0 Å². The minimum Gasteiger partial charge on any atom is -0.351 e. The van der Waals surface area contributed by atoms with Crippen molar-refractivity contribution in [1.29, 1.82) is 0 Å². The Balaban J connectivity index is 1.39. The lowest BCUT2D eigenvalue weighted by molar-refractivity contribution is -0.129. The van der Waals surface area contributed by atoms with Crippen LogP contribution in [-0.4, -0.2) is 17.5 Å². The monoisotopic (exact) mass is 446 g/mol. The van der Waals surface area contributed by atoms with Gasteiger partial charge in [-0.1, -0.05) is 34.8 Å². The summed E-state index contributed by atoms with van der Waals surface area (Å²) < 4.78 is 3.25. The molecule has 4 bridgehead atoms. The summed E-state index contributed by atoms with van der Waals surface area (Å²) in [4.78, 5) is 13.8. The zero-order valence-electron chi connectivity index (χ0n) is 15.5. The fraction of sp³-hybridized carbons (Fsp3) is 0.650. The molecule has 0 radical (unpaired) electrons. The molecule has 7 heteroatoms. The van der Waals surface area contributed by atoms with E-state index in [1.54, 1.807) is 12.1 Å². The first-order valence-electron chi connectivity index (χ1n) is 9.63. The van der Waals surface area contributed by atoms with Crippen molar-refractivity contribution >= 4 is 52.7 Å². The van der Waals surface area contributed by atoms with Gasteiger partial charge >= 0.3 is 0 Å². The van der Waals surface area contributed by atoms with Crippen molar-refractivity contribution in [3.8, 4) is 0 Å². The van der Waals surface area contributed by atoms with Gasteiger partial charge in [0.05, 0.1) is 15.1 Å². The predicted octanol–water partition coefficient (Wildman–Crippen LogP) is 5.96. The summed E-state index contributed by atoms with van der Waals surface area (Å²) in [6.07, 6.45) is 6.58. The summed E-state index contributed by atoms with van der Waals surface area (Å²) in [7, 11) is 0. The third kappa shape index (κ3) is 3.98. The number of rotatable bonds is 5. The summed E-state index contributed by atoms with van der Waals surface area (Å²) in [6.45, 7) is 3.80. The fourth-order valence-corrected chi connectivity index (χ4v) is 6.80. The van der Waals surface area contributed by atoms with Crippen molar-refractivity contribution in [2.24, 2.45) is 23.7 Å². The molecule has 27 heavy (non-hydrogen) atoms. The van der Waals surface area contributed by atoms with Crippen LogP contribution in [0.1, 0.15) is 46.0 Å². The number of nitrogens with one attached hydrogen (secondary N) is 2. The molecule has 1 aromatic carbocycles. The highest BCUT2D eigenvalue weighted by Crippen LogP contribution is 2.53. The molecule has 1 amide bonds. The Kier molecular flexibility index (Phi) is 5.68. The molecular formula is C20H25Cl3N2OS. The molecular weight excluding hydrogens is 423 g/mol. The molecule has 0 atom stereocenters. The van der Waals surface area contributed by atoms with Crippen LogP contribution in [0.3, 0.4) is 0 Å². The topological polar surface area (TPSA) is 41.1 Å². The zero-order valence-corrected chi connectivity index (χ0v) is 18.6. The molecule has 3 nitrogen and oxygen atoms in total. The van der Waals surface area contributed by atoms with Crippen molar-refractivity contribution in [3.05, 3.63) is 27.2 Å². The molecule has 4 aliphatic carbocycles. The normalized spacial score (nSPS) is 32.0. The number of benzene rings is 1. The Hall–Kier alpha value is -0.130. The fourth-order valence-electron chi connectivity index (χ4n) is 5.31. The third-order valence-corrected chi connectivity index (χ3v) is 9.09. The Morgan fingerprint density at radius 1 is 1.00 bits per heavy atom. The number of halogens is 3. The highest BCUT2D eigenvalue weighted by molar-refractivity contribution is 7.97. The van der Waals surface area contributed by atoms with Crippen LogP contribution in [-0.2, 0) is 4.79 Å². The van der Waals surface area contributed by atoms with Gasteiger partial charge in [0, 0.05) is 10.9 Å². The van der Waals surface area contributed by atoms with Gasteiger partial charge in [-0.25, -0.2) is 4.72 Å². The standard InChI is InChI=1S/C20H25Cl3N2OS/c1-20(2,25-27-15-4-3-14(21)16(22)17(15)23)19(26)24-18-12-6-10-5-11(8-12)9-13(18)7-10/h3-4,10-13,18,25H,5-9H2,1-2H3,(H,24,26). The quantitative estimate of drug-likeness (QED) is 0.432. The predicted molar refractivity (Wildman–Crippen MR) is 114 cm³/mol. The lowest BCUT2D eigenvalue weighted by atomic mass is 9.54. The molecule has 1 aromatic rings. The Bertz CT molecular complexity index is 727. The van der Waals surface area contributed by atoms with E-state index in [0.29, 0.717) is 32.9 Å². The summed E-state index contributed by atoms with van der Waals surface area (Å²) in [5.41, 5.74) is -0.727. The highest BCUT2D eigenvalue weighted by Gasteiger charge is 2.49.